The topological polar surface area (TPSA) is 12.0 Å². The van der Waals surface area contributed by atoms with Crippen molar-refractivity contribution in [3.05, 3.63) is 0 Å². The lowest BCUT2D eigenvalue weighted by atomic mass is 9.56. The number of hydrogen-bond acceptors (Lipinski definition) is 1. The number of nitrogens with one attached hydrogen (secondary N) is 1. The van der Waals surface area contributed by atoms with E-state index < -0.39 is 22.9 Å². The molecule has 2 fully saturated rings. The van der Waals surface area contributed by atoms with Gasteiger partial charge in [-0.3, -0.25) is 0 Å². The molecule has 0 aromatic heterocycles. The fourth-order valence-electron chi connectivity index (χ4n) is 4.10. The monoisotopic (exact) mass is 235 g/mol. The van der Waals surface area contributed by atoms with Gasteiger partial charge in [-0.2, -0.15) is 0 Å². The van der Waals surface area contributed by atoms with E-state index in [9.17, 15) is 13.2 Å². The second kappa shape index (κ2) is 3.62. The number of rotatable bonds is 2. The van der Waals surface area contributed by atoms with Crippen molar-refractivity contribution >= 4 is 0 Å². The zero-order chi connectivity index (χ0) is 12.0. The third-order valence-corrected chi connectivity index (χ3v) is 3.91. The van der Waals surface area contributed by atoms with Crippen molar-refractivity contribution in [2.24, 2.45) is 5.41 Å². The number of halogens is 3. The van der Waals surface area contributed by atoms with Crippen LogP contribution in [0, 0.1) is 5.41 Å². The van der Waals surface area contributed by atoms with Crippen molar-refractivity contribution < 1.29 is 13.2 Å². The lowest BCUT2D eigenvalue weighted by molar-refractivity contribution is -0.117. The van der Waals surface area contributed by atoms with E-state index in [2.05, 4.69) is 5.32 Å². The second-order valence-electron chi connectivity index (χ2n) is 6.13. The largest absolute Gasteiger partial charge is 0.319 e. The first-order valence-electron chi connectivity index (χ1n) is 5.95. The molecule has 2 bridgehead atoms. The molecule has 94 valence electrons. The van der Waals surface area contributed by atoms with Crippen molar-refractivity contribution in [2.75, 3.05) is 13.6 Å². The highest BCUT2D eigenvalue weighted by atomic mass is 19.2. The van der Waals surface area contributed by atoms with Crippen LogP contribution in [0.15, 0.2) is 0 Å². The molecule has 0 heterocycles. The van der Waals surface area contributed by atoms with Crippen LogP contribution in [0.3, 0.4) is 0 Å². The molecule has 4 heteroatoms. The molecule has 16 heavy (non-hydrogen) atoms. The van der Waals surface area contributed by atoms with Gasteiger partial charge in [-0.1, -0.05) is 0 Å². The van der Waals surface area contributed by atoms with Gasteiger partial charge < -0.3 is 5.32 Å². The molecule has 4 atom stereocenters. The molecule has 0 saturated heterocycles. The summed E-state index contributed by atoms with van der Waals surface area (Å²) in [6.07, 6.45) is -0.528. The Morgan fingerprint density at radius 1 is 1.19 bits per heavy atom. The molecular formula is C12H20F3N. The molecule has 1 nitrogen and oxygen atoms in total. The minimum atomic E-state index is -1.64. The van der Waals surface area contributed by atoms with Gasteiger partial charge in [-0.25, -0.2) is 13.2 Å². The summed E-state index contributed by atoms with van der Waals surface area (Å²) in [5.74, 6) is 0. The van der Waals surface area contributed by atoms with Crippen LogP contribution in [-0.2, 0) is 0 Å². The Bertz CT molecular complexity index is 277. The molecule has 0 aromatic carbocycles. The minimum absolute atomic E-state index is 0.127. The van der Waals surface area contributed by atoms with Crippen molar-refractivity contribution in [1.29, 1.82) is 0 Å². The fourth-order valence-corrected chi connectivity index (χ4v) is 4.10. The van der Waals surface area contributed by atoms with Gasteiger partial charge in [0.05, 0.1) is 0 Å². The van der Waals surface area contributed by atoms with Crippen LogP contribution in [0.25, 0.3) is 0 Å². The van der Waals surface area contributed by atoms with Crippen LogP contribution in [0.2, 0.25) is 0 Å². The van der Waals surface area contributed by atoms with E-state index in [4.69, 9.17) is 0 Å². The summed E-state index contributed by atoms with van der Waals surface area (Å²) in [5, 5.41) is 2.96. The Kier molecular flexibility index (Phi) is 2.76. The third-order valence-electron chi connectivity index (χ3n) is 3.91. The fraction of sp³-hybridized carbons (Fsp3) is 1.00. The molecule has 2 saturated carbocycles. The van der Waals surface area contributed by atoms with Gasteiger partial charge in [0.2, 0.25) is 0 Å². The number of hydrogen-bond donors (Lipinski definition) is 1. The van der Waals surface area contributed by atoms with Crippen LogP contribution < -0.4 is 5.32 Å². The zero-order valence-corrected chi connectivity index (χ0v) is 9.95. The highest BCUT2D eigenvalue weighted by Gasteiger charge is 2.58. The van der Waals surface area contributed by atoms with Crippen molar-refractivity contribution in [2.45, 2.75) is 56.5 Å². The van der Waals surface area contributed by atoms with Crippen molar-refractivity contribution in [3.8, 4) is 0 Å². The SMILES string of the molecule is CNCC12CC(F)CC(F)(CC(C)(F)C1)C2. The summed E-state index contributed by atoms with van der Waals surface area (Å²) in [7, 11) is 1.75. The number of alkyl halides is 3. The van der Waals surface area contributed by atoms with Gasteiger partial charge in [0.15, 0.2) is 0 Å². The first-order valence-corrected chi connectivity index (χ1v) is 5.95. The predicted octanol–water partition coefficient (Wildman–Crippen LogP) is 2.94. The minimum Gasteiger partial charge on any atom is -0.319 e. The summed E-state index contributed by atoms with van der Waals surface area (Å²) in [5.41, 5.74) is -3.68. The van der Waals surface area contributed by atoms with Gasteiger partial charge in [0, 0.05) is 19.4 Å². The molecule has 2 aliphatic carbocycles. The smallest absolute Gasteiger partial charge is 0.117 e. The summed E-state index contributed by atoms with van der Waals surface area (Å²) in [6.45, 7) is 1.95. The van der Waals surface area contributed by atoms with E-state index in [1.54, 1.807) is 7.05 Å². The van der Waals surface area contributed by atoms with E-state index in [0.717, 1.165) is 0 Å². The Morgan fingerprint density at radius 3 is 2.50 bits per heavy atom. The number of fused-ring (bicyclic) bond motifs is 2. The van der Waals surface area contributed by atoms with Crippen molar-refractivity contribution in [3.63, 3.8) is 0 Å². The Labute approximate surface area is 94.8 Å². The normalized spacial score (nSPS) is 52.7. The van der Waals surface area contributed by atoms with Crippen LogP contribution in [0.1, 0.15) is 39.0 Å². The van der Waals surface area contributed by atoms with Gasteiger partial charge in [0.25, 0.3) is 0 Å². The Morgan fingerprint density at radius 2 is 1.88 bits per heavy atom. The van der Waals surface area contributed by atoms with Crippen molar-refractivity contribution in [1.82, 2.24) is 5.32 Å². The molecule has 0 aliphatic heterocycles. The molecule has 0 radical (unpaired) electrons. The molecular weight excluding hydrogens is 215 g/mol. The quantitative estimate of drug-likeness (QED) is 0.776. The van der Waals surface area contributed by atoms with Gasteiger partial charge in [0.1, 0.15) is 17.5 Å². The summed E-state index contributed by atoms with van der Waals surface area (Å²) in [4.78, 5) is 0. The molecule has 0 spiro atoms. The van der Waals surface area contributed by atoms with E-state index >= 15 is 0 Å². The highest BCUT2D eigenvalue weighted by molar-refractivity contribution is 5.09. The summed E-state index contributed by atoms with van der Waals surface area (Å²) in [6, 6.07) is 0. The maximum absolute atomic E-state index is 14.4. The summed E-state index contributed by atoms with van der Waals surface area (Å²) >= 11 is 0. The molecule has 4 unspecified atom stereocenters. The highest BCUT2D eigenvalue weighted by Crippen LogP contribution is 2.57. The second-order valence-corrected chi connectivity index (χ2v) is 6.13. The molecule has 0 amide bonds. The van der Waals surface area contributed by atoms with Crippen LogP contribution in [-0.4, -0.2) is 31.1 Å². The van der Waals surface area contributed by atoms with E-state index in [1.807, 2.05) is 0 Å². The first kappa shape index (κ1) is 12.2. The standard InChI is InChI=1S/C12H20F3N/c1-10(14)5-11(8-16-2)3-9(13)4-12(15,6-10)7-11/h9,16H,3-8H2,1-2H3. The Balaban J connectivity index is 2.27. The van der Waals surface area contributed by atoms with Crippen LogP contribution in [0.5, 0.6) is 0 Å². The molecule has 2 aliphatic rings. The molecule has 2 rings (SSSR count). The summed E-state index contributed by atoms with van der Waals surface area (Å²) < 4.78 is 42.1. The molecule has 0 aromatic rings. The Hall–Kier alpha value is -0.250. The maximum Gasteiger partial charge on any atom is 0.117 e. The van der Waals surface area contributed by atoms with E-state index in [-0.39, 0.29) is 19.3 Å². The molecule has 1 N–H and O–H groups in total. The van der Waals surface area contributed by atoms with E-state index in [1.165, 1.54) is 6.92 Å². The van der Waals surface area contributed by atoms with E-state index in [0.29, 0.717) is 19.4 Å². The lowest BCUT2D eigenvalue weighted by Crippen LogP contribution is -2.56. The lowest BCUT2D eigenvalue weighted by Gasteiger charge is -2.53. The van der Waals surface area contributed by atoms with Crippen LogP contribution >= 0.6 is 0 Å². The third kappa shape index (κ3) is 2.22. The van der Waals surface area contributed by atoms with Crippen LogP contribution in [0.4, 0.5) is 13.2 Å². The van der Waals surface area contributed by atoms with Gasteiger partial charge in [-0.15, -0.1) is 0 Å². The average molecular weight is 235 g/mol. The zero-order valence-electron chi connectivity index (χ0n) is 9.95. The predicted molar refractivity (Wildman–Crippen MR) is 57.7 cm³/mol. The maximum atomic E-state index is 14.4. The van der Waals surface area contributed by atoms with Gasteiger partial charge in [-0.05, 0) is 38.6 Å². The average Bonchev–Trinajstić information content (AvgIpc) is 1.94. The first-order chi connectivity index (χ1) is 7.28. The van der Waals surface area contributed by atoms with Gasteiger partial charge >= 0.3 is 0 Å².